The minimum atomic E-state index is -1.15. The maximum absolute atomic E-state index is 12.6. The Balaban J connectivity index is 1.46. The van der Waals surface area contributed by atoms with E-state index in [2.05, 4.69) is 5.32 Å². The lowest BCUT2D eigenvalue weighted by molar-refractivity contribution is -0.116. The zero-order valence-corrected chi connectivity index (χ0v) is 17.5. The molecule has 8 heteroatoms. The van der Waals surface area contributed by atoms with Gasteiger partial charge in [-0.1, -0.05) is 41.9 Å². The van der Waals surface area contributed by atoms with E-state index < -0.39 is 5.97 Å². The van der Waals surface area contributed by atoms with Crippen LogP contribution in [-0.4, -0.2) is 31.5 Å². The SMILES string of the molecule is O=C(CCn1c2ccccc2c2nc3ccccc3nc21)Nc1ccc(Cl)c(C(=O)O)c1. The van der Waals surface area contributed by atoms with Crippen LogP contribution in [0.2, 0.25) is 5.02 Å². The van der Waals surface area contributed by atoms with Gasteiger partial charge in [-0.3, -0.25) is 4.79 Å². The van der Waals surface area contributed by atoms with Gasteiger partial charge in [-0.25, -0.2) is 14.8 Å². The zero-order valence-electron chi connectivity index (χ0n) is 16.7. The van der Waals surface area contributed by atoms with E-state index in [1.165, 1.54) is 12.1 Å². The summed E-state index contributed by atoms with van der Waals surface area (Å²) in [6.07, 6.45) is 0.174. The van der Waals surface area contributed by atoms with Crippen molar-refractivity contribution in [2.24, 2.45) is 0 Å². The molecule has 2 aromatic heterocycles. The van der Waals surface area contributed by atoms with Crippen molar-refractivity contribution in [1.82, 2.24) is 14.5 Å². The normalized spacial score (nSPS) is 11.3. The standard InChI is InChI=1S/C24H17ClN4O3/c25-17-10-9-14(13-16(17)24(31)32)26-21(30)11-12-29-20-8-4-1-5-15(20)22-23(29)28-19-7-3-2-6-18(19)27-22/h1-10,13H,11-12H2,(H,26,30)(H,31,32). The monoisotopic (exact) mass is 444 g/mol. The number of nitrogens with zero attached hydrogens (tertiary/aromatic N) is 3. The quantitative estimate of drug-likeness (QED) is 0.392. The fourth-order valence-corrected chi connectivity index (χ4v) is 4.01. The van der Waals surface area contributed by atoms with Gasteiger partial charge in [0.15, 0.2) is 5.65 Å². The number of nitrogens with one attached hydrogen (secondary N) is 1. The van der Waals surface area contributed by atoms with E-state index in [9.17, 15) is 14.7 Å². The number of carbonyl (C=O) groups excluding carboxylic acids is 1. The van der Waals surface area contributed by atoms with Crippen LogP contribution in [0.4, 0.5) is 5.69 Å². The number of benzene rings is 3. The molecule has 5 aromatic rings. The maximum Gasteiger partial charge on any atom is 0.337 e. The average Bonchev–Trinajstić information content (AvgIpc) is 3.10. The van der Waals surface area contributed by atoms with Crippen molar-refractivity contribution in [1.29, 1.82) is 0 Å². The van der Waals surface area contributed by atoms with Crippen LogP contribution in [0, 0.1) is 0 Å². The van der Waals surface area contributed by atoms with E-state index in [0.717, 1.165) is 33.1 Å². The van der Waals surface area contributed by atoms with E-state index >= 15 is 0 Å². The molecular weight excluding hydrogens is 428 g/mol. The Labute approximate surface area is 187 Å². The summed E-state index contributed by atoms with van der Waals surface area (Å²) in [6.45, 7) is 0.391. The number of amides is 1. The van der Waals surface area contributed by atoms with Crippen molar-refractivity contribution in [3.63, 3.8) is 0 Å². The highest BCUT2D eigenvalue weighted by Crippen LogP contribution is 2.28. The fourth-order valence-electron chi connectivity index (χ4n) is 3.81. The molecule has 0 unspecified atom stereocenters. The molecule has 0 saturated carbocycles. The summed E-state index contributed by atoms with van der Waals surface area (Å²) in [7, 11) is 0. The molecule has 3 aromatic carbocycles. The molecule has 0 atom stereocenters. The van der Waals surface area contributed by atoms with Gasteiger partial charge < -0.3 is 15.0 Å². The summed E-state index contributed by atoms with van der Waals surface area (Å²) in [4.78, 5) is 33.5. The molecule has 2 N–H and O–H groups in total. The van der Waals surface area contributed by atoms with Gasteiger partial charge in [0, 0.05) is 24.0 Å². The summed E-state index contributed by atoms with van der Waals surface area (Å²) in [6, 6.07) is 19.9. The Morgan fingerprint density at radius 3 is 2.47 bits per heavy atom. The third-order valence-corrected chi connectivity index (χ3v) is 5.63. The largest absolute Gasteiger partial charge is 0.478 e. The van der Waals surface area contributed by atoms with Gasteiger partial charge in [-0.05, 0) is 36.4 Å². The molecule has 0 spiro atoms. The summed E-state index contributed by atoms with van der Waals surface area (Å²) in [5, 5.41) is 13.1. The number of aryl methyl sites for hydroxylation is 1. The van der Waals surface area contributed by atoms with Gasteiger partial charge in [0.1, 0.15) is 5.52 Å². The number of anilines is 1. The van der Waals surface area contributed by atoms with Crippen molar-refractivity contribution in [3.05, 3.63) is 77.3 Å². The molecule has 2 heterocycles. The smallest absolute Gasteiger partial charge is 0.337 e. The Kier molecular flexibility index (Phi) is 4.95. The van der Waals surface area contributed by atoms with E-state index in [-0.39, 0.29) is 22.9 Å². The van der Waals surface area contributed by atoms with Crippen LogP contribution in [0.25, 0.3) is 33.1 Å². The highest BCUT2D eigenvalue weighted by Gasteiger charge is 2.16. The number of aromatic nitrogens is 3. The maximum atomic E-state index is 12.6. The van der Waals surface area contributed by atoms with Crippen molar-refractivity contribution < 1.29 is 14.7 Å². The predicted octanol–water partition coefficient (Wildman–Crippen LogP) is 5.12. The minimum absolute atomic E-state index is 0.0611. The van der Waals surface area contributed by atoms with Crippen molar-refractivity contribution in [2.75, 3.05) is 5.32 Å². The highest BCUT2D eigenvalue weighted by molar-refractivity contribution is 6.33. The second-order valence-electron chi connectivity index (χ2n) is 7.35. The van der Waals surface area contributed by atoms with E-state index in [1.54, 1.807) is 6.07 Å². The minimum Gasteiger partial charge on any atom is -0.478 e. The summed E-state index contributed by atoms with van der Waals surface area (Å²) >= 11 is 5.90. The van der Waals surface area contributed by atoms with Crippen LogP contribution >= 0.6 is 11.6 Å². The van der Waals surface area contributed by atoms with Crippen molar-refractivity contribution in [3.8, 4) is 0 Å². The van der Waals surface area contributed by atoms with Crippen LogP contribution < -0.4 is 5.32 Å². The Morgan fingerprint density at radius 2 is 1.69 bits per heavy atom. The third kappa shape index (κ3) is 3.52. The van der Waals surface area contributed by atoms with Crippen LogP contribution in [0.3, 0.4) is 0 Å². The number of hydrogen-bond acceptors (Lipinski definition) is 4. The molecule has 0 aliphatic heterocycles. The first kappa shape index (κ1) is 20.0. The number of hydrogen-bond donors (Lipinski definition) is 2. The molecule has 5 rings (SSSR count). The summed E-state index contributed by atoms with van der Waals surface area (Å²) in [5.41, 5.74) is 4.39. The Hall–Kier alpha value is -3.97. The first-order valence-electron chi connectivity index (χ1n) is 9.97. The molecule has 0 saturated heterocycles. The number of carbonyl (C=O) groups is 2. The molecule has 0 aliphatic rings. The Morgan fingerprint density at radius 1 is 0.969 bits per heavy atom. The second-order valence-corrected chi connectivity index (χ2v) is 7.76. The number of aromatic carboxylic acids is 1. The summed E-state index contributed by atoms with van der Waals surface area (Å²) in [5.74, 6) is -1.40. The highest BCUT2D eigenvalue weighted by atomic mass is 35.5. The predicted molar refractivity (Wildman–Crippen MR) is 124 cm³/mol. The molecule has 0 radical (unpaired) electrons. The first-order chi connectivity index (χ1) is 15.5. The molecule has 0 aliphatic carbocycles. The van der Waals surface area contributed by atoms with Gasteiger partial charge in [-0.2, -0.15) is 0 Å². The van der Waals surface area contributed by atoms with Crippen molar-refractivity contribution in [2.45, 2.75) is 13.0 Å². The molecule has 1 amide bonds. The lowest BCUT2D eigenvalue weighted by Gasteiger charge is -2.09. The van der Waals surface area contributed by atoms with E-state index in [4.69, 9.17) is 21.6 Å². The summed E-state index contributed by atoms with van der Waals surface area (Å²) < 4.78 is 1.99. The third-order valence-electron chi connectivity index (χ3n) is 5.30. The Bertz CT molecular complexity index is 1530. The number of carboxylic acids is 1. The average molecular weight is 445 g/mol. The zero-order chi connectivity index (χ0) is 22.2. The number of halogens is 1. The lowest BCUT2D eigenvalue weighted by atomic mass is 10.2. The number of carboxylic acid groups (broad SMARTS) is 1. The topological polar surface area (TPSA) is 97.1 Å². The van der Waals surface area contributed by atoms with Crippen molar-refractivity contribution >= 4 is 62.3 Å². The molecule has 0 fully saturated rings. The lowest BCUT2D eigenvalue weighted by Crippen LogP contribution is -2.15. The van der Waals surface area contributed by atoms with Crippen LogP contribution in [0.5, 0.6) is 0 Å². The number of rotatable bonds is 5. The molecule has 0 bridgehead atoms. The van der Waals surface area contributed by atoms with E-state index in [0.29, 0.717) is 12.2 Å². The molecule has 32 heavy (non-hydrogen) atoms. The molecule has 158 valence electrons. The number of para-hydroxylation sites is 3. The fraction of sp³-hybridized carbons (Fsp3) is 0.0833. The van der Waals surface area contributed by atoms with Gasteiger partial charge in [0.05, 0.1) is 27.1 Å². The van der Waals surface area contributed by atoms with Crippen LogP contribution in [-0.2, 0) is 11.3 Å². The molecular formula is C24H17ClN4O3. The first-order valence-corrected chi connectivity index (χ1v) is 10.4. The van der Waals surface area contributed by atoms with Crippen LogP contribution in [0.15, 0.2) is 66.7 Å². The second kappa shape index (κ2) is 7.94. The van der Waals surface area contributed by atoms with Gasteiger partial charge in [0.2, 0.25) is 5.91 Å². The van der Waals surface area contributed by atoms with Crippen LogP contribution in [0.1, 0.15) is 16.8 Å². The van der Waals surface area contributed by atoms with Gasteiger partial charge >= 0.3 is 5.97 Å². The number of fused-ring (bicyclic) bond motifs is 4. The molecule has 7 nitrogen and oxygen atoms in total. The van der Waals surface area contributed by atoms with E-state index in [1.807, 2.05) is 53.1 Å². The van der Waals surface area contributed by atoms with Gasteiger partial charge in [-0.15, -0.1) is 0 Å². The van der Waals surface area contributed by atoms with Gasteiger partial charge in [0.25, 0.3) is 0 Å².